The third kappa shape index (κ3) is 5.50. The van der Waals surface area contributed by atoms with Crippen LogP contribution in [0.1, 0.15) is 28.8 Å². The molecule has 2 amide bonds. The van der Waals surface area contributed by atoms with E-state index in [-0.39, 0.29) is 30.9 Å². The lowest BCUT2D eigenvalue weighted by atomic mass is 9.98. The summed E-state index contributed by atoms with van der Waals surface area (Å²) in [6.07, 6.45) is 1.81. The summed E-state index contributed by atoms with van der Waals surface area (Å²) in [6, 6.07) is 13.6. The molecule has 1 saturated heterocycles. The molecule has 0 radical (unpaired) electrons. The Morgan fingerprint density at radius 1 is 1.27 bits per heavy atom. The first-order valence-electron chi connectivity index (χ1n) is 9.73. The molecule has 0 saturated carbocycles. The van der Waals surface area contributed by atoms with E-state index in [9.17, 15) is 14.7 Å². The van der Waals surface area contributed by atoms with Crippen LogP contribution in [0, 0.1) is 17.2 Å². The topological polar surface area (TPSA) is 105 Å². The molecule has 156 valence electrons. The van der Waals surface area contributed by atoms with E-state index in [1.54, 1.807) is 41.3 Å². The zero-order valence-electron chi connectivity index (χ0n) is 16.4. The van der Waals surface area contributed by atoms with Crippen molar-refractivity contribution in [1.82, 2.24) is 4.90 Å². The largest absolute Gasteiger partial charge is 0.396 e. The van der Waals surface area contributed by atoms with Gasteiger partial charge in [-0.25, -0.2) is 0 Å². The molecular weight excluding hydrogens is 404 g/mol. The molecule has 2 aromatic carbocycles. The van der Waals surface area contributed by atoms with Gasteiger partial charge in [0.15, 0.2) is 0 Å². The summed E-state index contributed by atoms with van der Waals surface area (Å²) >= 11 is 5.93. The molecular formula is C22H23ClN4O3. The Kier molecular flexibility index (Phi) is 7.28. The van der Waals surface area contributed by atoms with E-state index >= 15 is 0 Å². The van der Waals surface area contributed by atoms with E-state index < -0.39 is 0 Å². The molecule has 1 atom stereocenters. The number of piperidine rings is 1. The lowest BCUT2D eigenvalue weighted by Gasteiger charge is -2.32. The number of likely N-dealkylation sites (tertiary alicyclic amines) is 1. The number of anilines is 2. The molecule has 7 nitrogen and oxygen atoms in total. The number of hydrogen-bond donors (Lipinski definition) is 3. The van der Waals surface area contributed by atoms with Crippen LogP contribution in [0.25, 0.3) is 0 Å². The van der Waals surface area contributed by atoms with Gasteiger partial charge in [0.2, 0.25) is 5.91 Å². The summed E-state index contributed by atoms with van der Waals surface area (Å²) in [7, 11) is 0. The van der Waals surface area contributed by atoms with Crippen molar-refractivity contribution in [3.05, 3.63) is 58.6 Å². The number of nitrogens with one attached hydrogen (secondary N) is 2. The highest BCUT2D eigenvalue weighted by Gasteiger charge is 2.24. The molecule has 1 unspecified atom stereocenters. The lowest BCUT2D eigenvalue weighted by Crippen LogP contribution is -2.40. The van der Waals surface area contributed by atoms with Gasteiger partial charge < -0.3 is 20.6 Å². The summed E-state index contributed by atoms with van der Waals surface area (Å²) < 4.78 is 0. The number of aliphatic hydroxyl groups is 1. The van der Waals surface area contributed by atoms with Crippen LogP contribution >= 0.6 is 11.6 Å². The van der Waals surface area contributed by atoms with Crippen LogP contribution in [0.3, 0.4) is 0 Å². The van der Waals surface area contributed by atoms with Crippen LogP contribution < -0.4 is 10.6 Å². The highest BCUT2D eigenvalue weighted by molar-refractivity contribution is 6.31. The average Bonchev–Trinajstić information content (AvgIpc) is 2.77. The molecule has 0 aliphatic carbocycles. The van der Waals surface area contributed by atoms with Gasteiger partial charge in [0, 0.05) is 36.0 Å². The quantitative estimate of drug-likeness (QED) is 0.658. The second-order valence-corrected chi connectivity index (χ2v) is 7.66. The van der Waals surface area contributed by atoms with Gasteiger partial charge in [-0.05, 0) is 55.2 Å². The standard InChI is InChI=1S/C22H23ClN4O3/c23-18-7-6-17(11-24)20(10-18)26-21(29)12-25-19-5-1-4-16(9-19)22(30)27-8-2-3-15(13-27)14-28/h1,4-7,9-10,15,25,28H,2-3,8,12-14H2,(H,26,29). The second kappa shape index (κ2) is 10.1. The van der Waals surface area contributed by atoms with Gasteiger partial charge in [0.1, 0.15) is 6.07 Å². The highest BCUT2D eigenvalue weighted by atomic mass is 35.5. The van der Waals surface area contributed by atoms with Gasteiger partial charge in [-0.3, -0.25) is 9.59 Å². The molecule has 2 aromatic rings. The van der Waals surface area contributed by atoms with Crippen LogP contribution in [-0.4, -0.2) is 48.1 Å². The maximum absolute atomic E-state index is 12.8. The number of hydrogen-bond acceptors (Lipinski definition) is 5. The number of carbonyl (C=O) groups is 2. The first-order valence-corrected chi connectivity index (χ1v) is 10.1. The van der Waals surface area contributed by atoms with Crippen molar-refractivity contribution in [3.63, 3.8) is 0 Å². The van der Waals surface area contributed by atoms with Gasteiger partial charge in [0.05, 0.1) is 17.8 Å². The average molecular weight is 427 g/mol. The molecule has 0 aromatic heterocycles. The fraction of sp³-hybridized carbons (Fsp3) is 0.318. The highest BCUT2D eigenvalue weighted by Crippen LogP contribution is 2.21. The van der Waals surface area contributed by atoms with Crippen LogP contribution in [0.4, 0.5) is 11.4 Å². The molecule has 1 heterocycles. The molecule has 8 heteroatoms. The van der Waals surface area contributed by atoms with Crippen LogP contribution in [0.5, 0.6) is 0 Å². The van der Waals surface area contributed by atoms with E-state index in [0.29, 0.717) is 40.6 Å². The summed E-state index contributed by atoms with van der Waals surface area (Å²) in [5.41, 5.74) is 1.84. The monoisotopic (exact) mass is 426 g/mol. The SMILES string of the molecule is N#Cc1ccc(Cl)cc1NC(=O)CNc1cccc(C(=O)N2CCCC(CO)C2)c1. The first-order chi connectivity index (χ1) is 14.5. The van der Waals surface area contributed by atoms with Crippen molar-refractivity contribution in [2.75, 3.05) is 36.9 Å². The van der Waals surface area contributed by atoms with Gasteiger partial charge in [0.25, 0.3) is 5.91 Å². The Balaban J connectivity index is 1.60. The third-order valence-electron chi connectivity index (χ3n) is 5.00. The van der Waals surface area contributed by atoms with Gasteiger partial charge >= 0.3 is 0 Å². The van der Waals surface area contributed by atoms with Gasteiger partial charge in [-0.1, -0.05) is 17.7 Å². The molecule has 1 aliphatic heterocycles. The van der Waals surface area contributed by atoms with E-state index in [1.165, 1.54) is 6.07 Å². The van der Waals surface area contributed by atoms with Crippen LogP contribution in [0.2, 0.25) is 5.02 Å². The van der Waals surface area contributed by atoms with E-state index in [1.807, 2.05) is 6.07 Å². The molecule has 0 bridgehead atoms. The predicted molar refractivity (Wildman–Crippen MR) is 115 cm³/mol. The Morgan fingerprint density at radius 3 is 2.87 bits per heavy atom. The fourth-order valence-corrected chi connectivity index (χ4v) is 3.61. The van der Waals surface area contributed by atoms with Gasteiger partial charge in [-0.2, -0.15) is 5.26 Å². The number of aliphatic hydroxyl groups excluding tert-OH is 1. The number of benzene rings is 2. The predicted octanol–water partition coefficient (Wildman–Crippen LogP) is 3.11. The minimum atomic E-state index is -0.340. The normalized spacial score (nSPS) is 15.9. The summed E-state index contributed by atoms with van der Waals surface area (Å²) in [5.74, 6) is -0.302. The minimum Gasteiger partial charge on any atom is -0.396 e. The Hall–Kier alpha value is -3.08. The van der Waals surface area contributed by atoms with E-state index in [2.05, 4.69) is 10.6 Å². The van der Waals surface area contributed by atoms with E-state index in [4.69, 9.17) is 16.9 Å². The number of nitriles is 1. The number of nitrogens with zero attached hydrogens (tertiary/aromatic N) is 2. The Bertz CT molecular complexity index is 973. The van der Waals surface area contributed by atoms with Crippen molar-refractivity contribution in [1.29, 1.82) is 5.26 Å². The Morgan fingerprint density at radius 2 is 2.10 bits per heavy atom. The number of amides is 2. The summed E-state index contributed by atoms with van der Waals surface area (Å²) in [5, 5.41) is 24.6. The summed E-state index contributed by atoms with van der Waals surface area (Å²) in [6.45, 7) is 1.28. The smallest absolute Gasteiger partial charge is 0.253 e. The maximum atomic E-state index is 12.8. The minimum absolute atomic E-state index is 0.0364. The van der Waals surface area contributed by atoms with Crippen LogP contribution in [-0.2, 0) is 4.79 Å². The lowest BCUT2D eigenvalue weighted by molar-refractivity contribution is -0.114. The number of carbonyl (C=O) groups excluding carboxylic acids is 2. The van der Waals surface area contributed by atoms with E-state index in [0.717, 1.165) is 12.8 Å². The van der Waals surface area contributed by atoms with Crippen LogP contribution in [0.15, 0.2) is 42.5 Å². The molecule has 0 spiro atoms. The zero-order chi connectivity index (χ0) is 21.5. The van der Waals surface area contributed by atoms with Crippen molar-refractivity contribution in [3.8, 4) is 6.07 Å². The molecule has 3 rings (SSSR count). The Labute approximate surface area is 180 Å². The third-order valence-corrected chi connectivity index (χ3v) is 5.24. The molecule has 1 aliphatic rings. The fourth-order valence-electron chi connectivity index (χ4n) is 3.44. The van der Waals surface area contributed by atoms with Crippen molar-refractivity contribution in [2.45, 2.75) is 12.8 Å². The zero-order valence-corrected chi connectivity index (χ0v) is 17.2. The molecule has 3 N–H and O–H groups in total. The number of rotatable bonds is 6. The first kappa shape index (κ1) is 21.6. The van der Waals surface area contributed by atoms with Crippen molar-refractivity contribution >= 4 is 34.8 Å². The van der Waals surface area contributed by atoms with Gasteiger partial charge in [-0.15, -0.1) is 0 Å². The second-order valence-electron chi connectivity index (χ2n) is 7.23. The van der Waals surface area contributed by atoms with Crippen molar-refractivity contribution < 1.29 is 14.7 Å². The maximum Gasteiger partial charge on any atom is 0.253 e. The molecule has 1 fully saturated rings. The summed E-state index contributed by atoms with van der Waals surface area (Å²) in [4.78, 5) is 26.8. The van der Waals surface area contributed by atoms with Crippen molar-refractivity contribution in [2.24, 2.45) is 5.92 Å². The molecule has 30 heavy (non-hydrogen) atoms. The number of halogens is 1.